The number of aromatic nitrogens is 2. The normalized spacial score (nSPS) is 13.7. The van der Waals surface area contributed by atoms with Crippen molar-refractivity contribution in [1.82, 2.24) is 19.6 Å². The summed E-state index contributed by atoms with van der Waals surface area (Å²) in [6, 6.07) is 0.540. The van der Waals surface area contributed by atoms with Crippen LogP contribution in [0.15, 0.2) is 6.20 Å². The highest BCUT2D eigenvalue weighted by atomic mass is 32.1. The van der Waals surface area contributed by atoms with Gasteiger partial charge in [0.05, 0.1) is 11.4 Å². The second-order valence-electron chi connectivity index (χ2n) is 5.08. The molecule has 0 bridgehead atoms. The van der Waals surface area contributed by atoms with E-state index in [0.717, 1.165) is 23.7 Å². The molecule has 0 aliphatic carbocycles. The van der Waals surface area contributed by atoms with Crippen molar-refractivity contribution < 1.29 is 0 Å². The Morgan fingerprint density at radius 1 is 1.44 bits per heavy atom. The molecule has 2 rings (SSSR count). The van der Waals surface area contributed by atoms with Gasteiger partial charge >= 0.3 is 0 Å². The Kier molecular flexibility index (Phi) is 4.04. The predicted octanol–water partition coefficient (Wildman–Crippen LogP) is 2.05. The largest absolute Gasteiger partial charge is 0.310 e. The van der Waals surface area contributed by atoms with Gasteiger partial charge in [0.15, 0.2) is 4.96 Å². The minimum Gasteiger partial charge on any atom is -0.310 e. The number of nitrogens with zero attached hydrogens (tertiary/aromatic N) is 3. The second kappa shape index (κ2) is 5.38. The Balaban J connectivity index is 2.04. The molecule has 2 heterocycles. The van der Waals surface area contributed by atoms with Gasteiger partial charge in [0.1, 0.15) is 0 Å². The topological polar surface area (TPSA) is 32.6 Å². The van der Waals surface area contributed by atoms with Gasteiger partial charge in [0.2, 0.25) is 0 Å². The molecule has 0 aromatic carbocycles. The zero-order valence-electron chi connectivity index (χ0n) is 11.8. The summed E-state index contributed by atoms with van der Waals surface area (Å²) in [5.41, 5.74) is 2.41. The highest BCUT2D eigenvalue weighted by Gasteiger charge is 2.11. The molecule has 0 aliphatic heterocycles. The van der Waals surface area contributed by atoms with Gasteiger partial charge < -0.3 is 10.2 Å². The molecule has 0 spiro atoms. The van der Waals surface area contributed by atoms with Crippen LogP contribution < -0.4 is 5.32 Å². The summed E-state index contributed by atoms with van der Waals surface area (Å²) in [7, 11) is 4.22. The summed E-state index contributed by atoms with van der Waals surface area (Å²) in [6.45, 7) is 8.30. The van der Waals surface area contributed by atoms with Crippen LogP contribution in [-0.4, -0.2) is 41.0 Å². The molecule has 2 aromatic rings. The summed E-state index contributed by atoms with van der Waals surface area (Å²) >= 11 is 1.75. The van der Waals surface area contributed by atoms with Crippen molar-refractivity contribution in [2.75, 3.05) is 20.6 Å². The van der Waals surface area contributed by atoms with Crippen LogP contribution in [0.2, 0.25) is 0 Å². The Morgan fingerprint density at radius 2 is 2.17 bits per heavy atom. The average Bonchev–Trinajstić information content (AvgIpc) is 2.76. The first-order valence-electron chi connectivity index (χ1n) is 6.30. The smallest absolute Gasteiger partial charge is 0.194 e. The van der Waals surface area contributed by atoms with Crippen molar-refractivity contribution in [2.45, 2.75) is 33.4 Å². The van der Waals surface area contributed by atoms with Crippen LogP contribution in [0.4, 0.5) is 0 Å². The Morgan fingerprint density at radius 3 is 2.83 bits per heavy atom. The van der Waals surface area contributed by atoms with E-state index in [1.807, 2.05) is 0 Å². The number of rotatable bonds is 5. The lowest BCUT2D eigenvalue weighted by atomic mass is 10.3. The van der Waals surface area contributed by atoms with E-state index in [0.29, 0.717) is 6.04 Å². The highest BCUT2D eigenvalue weighted by Crippen LogP contribution is 2.20. The molecule has 1 atom stereocenters. The maximum Gasteiger partial charge on any atom is 0.194 e. The molecule has 0 saturated carbocycles. The molecular weight excluding hydrogens is 244 g/mol. The third kappa shape index (κ3) is 2.74. The van der Waals surface area contributed by atoms with E-state index >= 15 is 0 Å². The molecule has 0 radical (unpaired) electrons. The van der Waals surface area contributed by atoms with Crippen LogP contribution in [0.25, 0.3) is 4.96 Å². The average molecular weight is 266 g/mol. The lowest BCUT2D eigenvalue weighted by Gasteiger charge is -2.20. The first-order chi connectivity index (χ1) is 8.49. The minimum atomic E-state index is 0.540. The number of imidazole rings is 1. The third-order valence-corrected chi connectivity index (χ3v) is 4.25. The standard InChI is InChI=1S/C13H22N4S/c1-9(16(4)5)6-14-7-12-11(3)15-13-17(12)8-10(2)18-13/h8-9,14H,6-7H2,1-5H3. The molecular formula is C13H22N4S. The van der Waals surface area contributed by atoms with Gasteiger partial charge in [-0.2, -0.15) is 0 Å². The number of fused-ring (bicyclic) bond motifs is 1. The molecule has 2 aromatic heterocycles. The Labute approximate surface area is 113 Å². The fraction of sp³-hybridized carbons (Fsp3) is 0.615. The van der Waals surface area contributed by atoms with Crippen molar-refractivity contribution in [3.8, 4) is 0 Å². The molecule has 0 aliphatic rings. The third-order valence-electron chi connectivity index (χ3n) is 3.35. The summed E-state index contributed by atoms with van der Waals surface area (Å²) < 4.78 is 2.21. The Bertz CT molecular complexity index is 526. The Hall–Kier alpha value is -0.910. The number of hydrogen-bond acceptors (Lipinski definition) is 4. The van der Waals surface area contributed by atoms with Crippen LogP contribution in [0.1, 0.15) is 23.2 Å². The number of likely N-dealkylation sites (N-methyl/N-ethyl adjacent to an activating group) is 1. The quantitative estimate of drug-likeness (QED) is 0.899. The highest BCUT2D eigenvalue weighted by molar-refractivity contribution is 7.17. The van der Waals surface area contributed by atoms with E-state index in [-0.39, 0.29) is 0 Å². The van der Waals surface area contributed by atoms with Crippen molar-refractivity contribution in [3.63, 3.8) is 0 Å². The number of nitrogens with one attached hydrogen (secondary N) is 1. The van der Waals surface area contributed by atoms with E-state index in [2.05, 4.69) is 60.7 Å². The monoisotopic (exact) mass is 266 g/mol. The summed E-state index contributed by atoms with van der Waals surface area (Å²) in [5.74, 6) is 0. The van der Waals surface area contributed by atoms with E-state index < -0.39 is 0 Å². The van der Waals surface area contributed by atoms with Gasteiger partial charge in [-0.15, -0.1) is 11.3 Å². The lowest BCUT2D eigenvalue weighted by molar-refractivity contribution is 0.302. The summed E-state index contributed by atoms with van der Waals surface area (Å²) in [6.07, 6.45) is 2.17. The number of aryl methyl sites for hydroxylation is 2. The fourth-order valence-electron chi connectivity index (χ4n) is 1.90. The van der Waals surface area contributed by atoms with E-state index in [1.165, 1.54) is 10.6 Å². The van der Waals surface area contributed by atoms with E-state index in [9.17, 15) is 0 Å². The molecule has 5 heteroatoms. The SMILES string of the molecule is Cc1cn2c(CNCC(C)N(C)C)c(C)nc2s1. The summed E-state index contributed by atoms with van der Waals surface area (Å²) in [5, 5.41) is 3.51. The maximum absolute atomic E-state index is 4.60. The van der Waals surface area contributed by atoms with Crippen molar-refractivity contribution in [2.24, 2.45) is 0 Å². The van der Waals surface area contributed by atoms with Gasteiger partial charge in [-0.3, -0.25) is 4.40 Å². The fourth-order valence-corrected chi connectivity index (χ4v) is 2.79. The first kappa shape index (κ1) is 13.5. The van der Waals surface area contributed by atoms with Crippen molar-refractivity contribution in [3.05, 3.63) is 22.5 Å². The summed E-state index contributed by atoms with van der Waals surface area (Å²) in [4.78, 5) is 9.23. The van der Waals surface area contributed by atoms with Gasteiger partial charge in [0, 0.05) is 30.2 Å². The van der Waals surface area contributed by atoms with Crippen LogP contribution in [0.3, 0.4) is 0 Å². The van der Waals surface area contributed by atoms with Gasteiger partial charge in [-0.1, -0.05) is 0 Å². The molecule has 100 valence electrons. The zero-order chi connectivity index (χ0) is 13.3. The van der Waals surface area contributed by atoms with Crippen LogP contribution in [0.5, 0.6) is 0 Å². The molecule has 1 unspecified atom stereocenters. The predicted molar refractivity (Wildman–Crippen MR) is 77.4 cm³/mol. The molecule has 0 saturated heterocycles. The van der Waals surface area contributed by atoms with Crippen LogP contribution in [-0.2, 0) is 6.54 Å². The van der Waals surface area contributed by atoms with Crippen LogP contribution in [0, 0.1) is 13.8 Å². The van der Waals surface area contributed by atoms with Gasteiger partial charge in [0.25, 0.3) is 0 Å². The number of thiazole rings is 1. The van der Waals surface area contributed by atoms with Crippen LogP contribution >= 0.6 is 11.3 Å². The molecule has 4 nitrogen and oxygen atoms in total. The number of hydrogen-bond donors (Lipinski definition) is 1. The second-order valence-corrected chi connectivity index (χ2v) is 6.30. The maximum atomic E-state index is 4.60. The molecule has 1 N–H and O–H groups in total. The first-order valence-corrected chi connectivity index (χ1v) is 7.11. The zero-order valence-corrected chi connectivity index (χ0v) is 12.6. The molecule has 0 fully saturated rings. The minimum absolute atomic E-state index is 0.540. The van der Waals surface area contributed by atoms with Gasteiger partial charge in [-0.05, 0) is 34.9 Å². The van der Waals surface area contributed by atoms with E-state index in [4.69, 9.17) is 0 Å². The lowest BCUT2D eigenvalue weighted by Crippen LogP contribution is -2.35. The molecule has 18 heavy (non-hydrogen) atoms. The van der Waals surface area contributed by atoms with Crippen molar-refractivity contribution >= 4 is 16.3 Å². The van der Waals surface area contributed by atoms with E-state index in [1.54, 1.807) is 11.3 Å². The molecule has 0 amide bonds. The van der Waals surface area contributed by atoms with Crippen molar-refractivity contribution in [1.29, 1.82) is 0 Å². The van der Waals surface area contributed by atoms with Gasteiger partial charge in [-0.25, -0.2) is 4.98 Å².